The van der Waals surface area contributed by atoms with Crippen molar-refractivity contribution >= 4 is 17.0 Å². The number of halogens is 1. The lowest BCUT2D eigenvalue weighted by atomic mass is 10.1. The van der Waals surface area contributed by atoms with Crippen LogP contribution >= 0.6 is 0 Å². The van der Waals surface area contributed by atoms with Crippen LogP contribution in [-0.4, -0.2) is 26.7 Å². The summed E-state index contributed by atoms with van der Waals surface area (Å²) in [5, 5.41) is 6.94. The van der Waals surface area contributed by atoms with Crippen LogP contribution in [0.1, 0.15) is 12.6 Å². The third-order valence-corrected chi connectivity index (χ3v) is 3.85. The van der Waals surface area contributed by atoms with Crippen LogP contribution in [-0.2, 0) is 6.54 Å². The number of ether oxygens (including phenoxy) is 1. The predicted octanol–water partition coefficient (Wildman–Crippen LogP) is 3.83. The minimum Gasteiger partial charge on any atom is -0.476 e. The van der Waals surface area contributed by atoms with Gasteiger partial charge in [0.25, 0.3) is 0 Å². The van der Waals surface area contributed by atoms with Gasteiger partial charge in [0.05, 0.1) is 24.4 Å². The molecule has 0 atom stereocenters. The van der Waals surface area contributed by atoms with E-state index in [9.17, 15) is 4.39 Å². The first-order valence-electron chi connectivity index (χ1n) is 8.43. The summed E-state index contributed by atoms with van der Waals surface area (Å²) >= 11 is 0. The van der Waals surface area contributed by atoms with E-state index in [1.54, 1.807) is 18.2 Å². The van der Waals surface area contributed by atoms with Crippen molar-refractivity contribution < 1.29 is 13.7 Å². The summed E-state index contributed by atoms with van der Waals surface area (Å²) in [5.41, 5.74) is 3.42. The summed E-state index contributed by atoms with van der Waals surface area (Å²) in [4.78, 5) is 13.5. The van der Waals surface area contributed by atoms with E-state index < -0.39 is 0 Å². The molecular formula is C19H16FN5O2. The summed E-state index contributed by atoms with van der Waals surface area (Å²) in [7, 11) is 0. The number of nitrogens with one attached hydrogen (secondary N) is 1. The molecule has 27 heavy (non-hydrogen) atoms. The number of hydrogen-bond acceptors (Lipinski definition) is 7. The molecule has 136 valence electrons. The minimum atomic E-state index is -0.291. The van der Waals surface area contributed by atoms with E-state index in [1.165, 1.54) is 18.4 Å². The second kappa shape index (κ2) is 7.36. The van der Waals surface area contributed by atoms with Crippen LogP contribution in [0, 0.1) is 5.82 Å². The Hall–Kier alpha value is -3.55. The maximum atomic E-state index is 13.2. The van der Waals surface area contributed by atoms with Gasteiger partial charge >= 0.3 is 0 Å². The molecule has 1 aromatic carbocycles. The molecule has 4 aromatic rings. The van der Waals surface area contributed by atoms with E-state index in [2.05, 4.69) is 25.4 Å². The number of hydrogen-bond donors (Lipinski definition) is 1. The first-order valence-corrected chi connectivity index (χ1v) is 8.43. The van der Waals surface area contributed by atoms with Gasteiger partial charge in [-0.2, -0.15) is 4.98 Å². The number of anilines is 1. The molecule has 3 aromatic heterocycles. The highest BCUT2D eigenvalue weighted by Gasteiger charge is 2.12. The Kier molecular flexibility index (Phi) is 4.61. The van der Waals surface area contributed by atoms with E-state index >= 15 is 0 Å². The monoisotopic (exact) mass is 365 g/mol. The molecule has 4 rings (SSSR count). The fourth-order valence-electron chi connectivity index (χ4n) is 2.58. The second-order valence-corrected chi connectivity index (χ2v) is 5.70. The Balaban J connectivity index is 1.70. The molecule has 0 saturated heterocycles. The molecule has 0 radical (unpaired) electrons. The van der Waals surface area contributed by atoms with Crippen molar-refractivity contribution in [2.24, 2.45) is 0 Å². The maximum Gasteiger partial charge on any atom is 0.245 e. The molecule has 0 saturated carbocycles. The Morgan fingerprint density at radius 2 is 1.89 bits per heavy atom. The zero-order valence-corrected chi connectivity index (χ0v) is 14.5. The second-order valence-electron chi connectivity index (χ2n) is 5.70. The lowest BCUT2D eigenvalue weighted by Gasteiger charge is -2.10. The molecule has 0 aliphatic rings. The van der Waals surface area contributed by atoms with E-state index in [4.69, 9.17) is 9.26 Å². The van der Waals surface area contributed by atoms with Crippen molar-refractivity contribution in [1.82, 2.24) is 20.1 Å². The smallest absolute Gasteiger partial charge is 0.245 e. The number of aromatic nitrogens is 4. The third-order valence-electron chi connectivity index (χ3n) is 3.85. The minimum absolute atomic E-state index is 0.291. The van der Waals surface area contributed by atoms with Crippen molar-refractivity contribution in [1.29, 1.82) is 0 Å². The van der Waals surface area contributed by atoms with Crippen molar-refractivity contribution in [3.63, 3.8) is 0 Å². The summed E-state index contributed by atoms with van der Waals surface area (Å²) < 4.78 is 23.6. The van der Waals surface area contributed by atoms with Crippen LogP contribution < -0.4 is 10.1 Å². The number of benzene rings is 1. The molecule has 1 N–H and O–H groups in total. The molecule has 0 amide bonds. The lowest BCUT2D eigenvalue weighted by Crippen LogP contribution is -2.07. The highest BCUT2D eigenvalue weighted by atomic mass is 19.1. The van der Waals surface area contributed by atoms with Crippen molar-refractivity contribution in [3.8, 4) is 17.1 Å². The quantitative estimate of drug-likeness (QED) is 0.556. The number of nitrogens with zero attached hydrogens (tertiary/aromatic N) is 4. The van der Waals surface area contributed by atoms with Gasteiger partial charge < -0.3 is 14.6 Å². The van der Waals surface area contributed by atoms with Gasteiger partial charge in [0, 0.05) is 11.6 Å². The SMILES string of the molecule is CCOc1nc(NCc2ccon2)nc2ccc(-c3ccc(F)cc3)nc12. The van der Waals surface area contributed by atoms with E-state index in [0.717, 1.165) is 11.3 Å². The van der Waals surface area contributed by atoms with E-state index in [1.807, 2.05) is 19.1 Å². The predicted molar refractivity (Wildman–Crippen MR) is 97.7 cm³/mol. The fraction of sp³-hybridized carbons (Fsp3) is 0.158. The summed E-state index contributed by atoms with van der Waals surface area (Å²) in [6.07, 6.45) is 1.50. The molecule has 0 aliphatic carbocycles. The fourth-order valence-corrected chi connectivity index (χ4v) is 2.58. The van der Waals surface area contributed by atoms with Gasteiger partial charge in [-0.3, -0.25) is 0 Å². The standard InChI is InChI=1S/C19H16FN5O2/c1-2-26-18-17-16(23-19(24-18)21-11-14-9-10-27-25-14)8-7-15(22-17)12-3-5-13(20)6-4-12/h3-10H,2,11H2,1H3,(H,21,23,24). The van der Waals surface area contributed by atoms with Gasteiger partial charge in [0.1, 0.15) is 17.8 Å². The maximum absolute atomic E-state index is 13.2. The Bertz CT molecular complexity index is 1050. The van der Waals surface area contributed by atoms with Crippen LogP contribution in [0.2, 0.25) is 0 Å². The molecule has 8 heteroatoms. The average molecular weight is 365 g/mol. The molecular weight excluding hydrogens is 349 g/mol. The van der Waals surface area contributed by atoms with E-state index in [0.29, 0.717) is 41.7 Å². The van der Waals surface area contributed by atoms with Gasteiger partial charge in [-0.1, -0.05) is 5.16 Å². The first kappa shape index (κ1) is 16.9. The van der Waals surface area contributed by atoms with Gasteiger partial charge in [0.15, 0.2) is 5.52 Å². The van der Waals surface area contributed by atoms with Crippen LogP contribution in [0.3, 0.4) is 0 Å². The van der Waals surface area contributed by atoms with Gasteiger partial charge in [-0.15, -0.1) is 0 Å². The van der Waals surface area contributed by atoms with Gasteiger partial charge in [0.2, 0.25) is 11.8 Å². The molecule has 0 unspecified atom stereocenters. The normalized spacial score (nSPS) is 10.9. The van der Waals surface area contributed by atoms with Crippen LogP contribution in [0.4, 0.5) is 10.3 Å². The van der Waals surface area contributed by atoms with Gasteiger partial charge in [-0.05, 0) is 43.3 Å². The lowest BCUT2D eigenvalue weighted by molar-refractivity contribution is 0.330. The Labute approximate surface area is 154 Å². The van der Waals surface area contributed by atoms with Crippen molar-refractivity contribution in [3.05, 3.63) is 60.2 Å². The Morgan fingerprint density at radius 3 is 2.63 bits per heavy atom. The molecule has 0 bridgehead atoms. The zero-order valence-electron chi connectivity index (χ0n) is 14.5. The largest absolute Gasteiger partial charge is 0.476 e. The van der Waals surface area contributed by atoms with E-state index in [-0.39, 0.29) is 5.82 Å². The average Bonchev–Trinajstić information content (AvgIpc) is 3.21. The van der Waals surface area contributed by atoms with Gasteiger partial charge in [-0.25, -0.2) is 14.4 Å². The van der Waals surface area contributed by atoms with Crippen LogP contribution in [0.15, 0.2) is 53.3 Å². The van der Waals surface area contributed by atoms with Crippen molar-refractivity contribution in [2.75, 3.05) is 11.9 Å². The first-order chi connectivity index (χ1) is 13.2. The number of fused-ring (bicyclic) bond motifs is 1. The molecule has 0 fully saturated rings. The van der Waals surface area contributed by atoms with Crippen molar-refractivity contribution in [2.45, 2.75) is 13.5 Å². The number of rotatable bonds is 6. The van der Waals surface area contributed by atoms with Crippen LogP contribution in [0.25, 0.3) is 22.3 Å². The molecule has 0 spiro atoms. The molecule has 0 aliphatic heterocycles. The molecule has 7 nitrogen and oxygen atoms in total. The number of pyridine rings is 1. The zero-order chi connectivity index (χ0) is 18.6. The highest BCUT2D eigenvalue weighted by Crippen LogP contribution is 2.26. The Morgan fingerprint density at radius 1 is 1.04 bits per heavy atom. The summed E-state index contributed by atoms with van der Waals surface area (Å²) in [5.74, 6) is 0.500. The van der Waals surface area contributed by atoms with Crippen LogP contribution in [0.5, 0.6) is 5.88 Å². The third kappa shape index (κ3) is 3.69. The summed E-state index contributed by atoms with van der Waals surface area (Å²) in [6.45, 7) is 2.74. The topological polar surface area (TPSA) is 86.0 Å². The summed E-state index contributed by atoms with van der Waals surface area (Å²) in [6, 6.07) is 11.6. The molecule has 3 heterocycles. The highest BCUT2D eigenvalue weighted by molar-refractivity contribution is 5.83.